The molecule has 0 radical (unpaired) electrons. The van der Waals surface area contributed by atoms with Gasteiger partial charge in [0, 0.05) is 15.6 Å². The van der Waals surface area contributed by atoms with E-state index in [9.17, 15) is 14.4 Å². The fourth-order valence-corrected chi connectivity index (χ4v) is 4.04. The molecule has 0 aromatic heterocycles. The first-order valence-electron chi connectivity index (χ1n) is 8.72. The first-order valence-corrected chi connectivity index (χ1v) is 10.3. The van der Waals surface area contributed by atoms with Gasteiger partial charge in [-0.15, -0.1) is 6.42 Å². The number of terminal acetylenes is 1. The maximum absolute atomic E-state index is 12.8. The van der Waals surface area contributed by atoms with Crippen LogP contribution in [0.5, 0.6) is 11.5 Å². The lowest BCUT2D eigenvalue weighted by Gasteiger charge is -2.13. The van der Waals surface area contributed by atoms with Crippen molar-refractivity contribution in [2.75, 3.05) is 20.3 Å². The topological polar surface area (TPSA) is 72.9 Å². The van der Waals surface area contributed by atoms with E-state index in [0.29, 0.717) is 27.1 Å². The van der Waals surface area contributed by atoms with Crippen LogP contribution in [0.15, 0.2) is 51.8 Å². The van der Waals surface area contributed by atoms with Gasteiger partial charge in [-0.1, -0.05) is 52.2 Å². The maximum Gasteiger partial charge on any atom is 0.293 e. The van der Waals surface area contributed by atoms with Crippen LogP contribution in [0.1, 0.15) is 15.9 Å². The fraction of sp³-hybridized carbons (Fsp3) is 0.136. The molecule has 0 unspecified atom stereocenters. The number of carbonyl (C=O) groups is 3. The first-order chi connectivity index (χ1) is 14.4. The Morgan fingerprint density at radius 1 is 1.27 bits per heavy atom. The Morgan fingerprint density at radius 3 is 2.67 bits per heavy atom. The molecule has 0 atom stereocenters. The van der Waals surface area contributed by atoms with Crippen molar-refractivity contribution in [3.8, 4) is 23.8 Å². The largest absolute Gasteiger partial charge is 0.493 e. The molecule has 0 aliphatic carbocycles. The number of halogens is 1. The summed E-state index contributed by atoms with van der Waals surface area (Å²) in [7, 11) is 1.48. The number of amides is 2. The summed E-state index contributed by atoms with van der Waals surface area (Å²) in [6.45, 7) is -0.319. The van der Waals surface area contributed by atoms with E-state index in [2.05, 4.69) is 21.9 Å². The third-order valence-electron chi connectivity index (χ3n) is 4.13. The predicted octanol–water partition coefficient (Wildman–Crippen LogP) is 4.39. The minimum Gasteiger partial charge on any atom is -0.493 e. The second-order valence-corrected chi connectivity index (χ2v) is 7.99. The average molecular weight is 486 g/mol. The molecule has 2 aromatic carbocycles. The van der Waals surface area contributed by atoms with Crippen LogP contribution in [-0.2, 0) is 4.79 Å². The number of benzene rings is 2. The van der Waals surface area contributed by atoms with Crippen molar-refractivity contribution in [3.63, 3.8) is 0 Å². The number of ketones is 1. The van der Waals surface area contributed by atoms with Crippen molar-refractivity contribution in [2.45, 2.75) is 0 Å². The third-order valence-corrected chi connectivity index (χ3v) is 5.49. The SMILES string of the molecule is C#CCOc1c(/C=C2/SC(=O)N(CC(=O)c3ccccc3)C2=O)cc(Br)cc1OC. The molecule has 30 heavy (non-hydrogen) atoms. The summed E-state index contributed by atoms with van der Waals surface area (Å²) in [6.07, 6.45) is 6.81. The van der Waals surface area contributed by atoms with Gasteiger partial charge in [0.2, 0.25) is 0 Å². The zero-order chi connectivity index (χ0) is 21.7. The molecular formula is C22H16BrNO5S. The van der Waals surface area contributed by atoms with Gasteiger partial charge in [0.15, 0.2) is 17.3 Å². The Kier molecular flexibility index (Phi) is 6.98. The van der Waals surface area contributed by atoms with Gasteiger partial charge in [-0.05, 0) is 30.0 Å². The van der Waals surface area contributed by atoms with Crippen LogP contribution in [-0.4, -0.2) is 42.1 Å². The minimum atomic E-state index is -0.545. The van der Waals surface area contributed by atoms with Gasteiger partial charge in [0.05, 0.1) is 18.6 Å². The van der Waals surface area contributed by atoms with Crippen molar-refractivity contribution in [1.82, 2.24) is 4.90 Å². The number of rotatable bonds is 7. The molecule has 3 rings (SSSR count). The molecule has 1 aliphatic rings. The van der Waals surface area contributed by atoms with E-state index in [0.717, 1.165) is 16.7 Å². The van der Waals surface area contributed by atoms with Crippen LogP contribution in [0.2, 0.25) is 0 Å². The number of thioether (sulfide) groups is 1. The summed E-state index contributed by atoms with van der Waals surface area (Å²) in [5.41, 5.74) is 0.943. The van der Waals surface area contributed by atoms with Crippen molar-refractivity contribution in [2.24, 2.45) is 0 Å². The van der Waals surface area contributed by atoms with E-state index >= 15 is 0 Å². The highest BCUT2D eigenvalue weighted by molar-refractivity contribution is 9.10. The lowest BCUT2D eigenvalue weighted by Crippen LogP contribution is -2.33. The van der Waals surface area contributed by atoms with Crippen LogP contribution >= 0.6 is 27.7 Å². The normalized spacial score (nSPS) is 14.7. The molecule has 1 aliphatic heterocycles. The number of ether oxygens (including phenoxy) is 2. The van der Waals surface area contributed by atoms with Crippen LogP contribution in [0.4, 0.5) is 4.79 Å². The van der Waals surface area contributed by atoms with E-state index in [1.165, 1.54) is 13.2 Å². The highest BCUT2D eigenvalue weighted by Crippen LogP contribution is 2.39. The van der Waals surface area contributed by atoms with Gasteiger partial charge >= 0.3 is 0 Å². The fourth-order valence-electron chi connectivity index (χ4n) is 2.75. The molecule has 2 amide bonds. The van der Waals surface area contributed by atoms with E-state index in [4.69, 9.17) is 15.9 Å². The summed E-state index contributed by atoms with van der Waals surface area (Å²) in [4.78, 5) is 38.7. The molecule has 0 saturated carbocycles. The maximum atomic E-state index is 12.8. The second-order valence-electron chi connectivity index (χ2n) is 6.08. The number of Topliss-reactive ketones (excluding diaryl/α,β-unsaturated/α-hetero) is 1. The summed E-state index contributed by atoms with van der Waals surface area (Å²) in [5, 5.41) is -0.511. The lowest BCUT2D eigenvalue weighted by atomic mass is 10.1. The van der Waals surface area contributed by atoms with Gasteiger partial charge in [-0.3, -0.25) is 19.3 Å². The molecule has 152 valence electrons. The Labute approximate surface area is 186 Å². The first kappa shape index (κ1) is 21.7. The number of imide groups is 1. The van der Waals surface area contributed by atoms with Crippen molar-refractivity contribution in [3.05, 3.63) is 63.0 Å². The van der Waals surface area contributed by atoms with Crippen molar-refractivity contribution >= 4 is 50.7 Å². The number of hydrogen-bond acceptors (Lipinski definition) is 6. The third kappa shape index (κ3) is 4.75. The Morgan fingerprint density at radius 2 is 2.00 bits per heavy atom. The minimum absolute atomic E-state index is 0.00584. The van der Waals surface area contributed by atoms with Gasteiger partial charge in [-0.25, -0.2) is 0 Å². The molecule has 0 spiro atoms. The van der Waals surface area contributed by atoms with E-state index < -0.39 is 11.1 Å². The summed E-state index contributed by atoms with van der Waals surface area (Å²) in [5.74, 6) is 2.29. The standard InChI is InChI=1S/C22H16BrNO5S/c1-3-9-29-20-15(10-16(23)12-18(20)28-2)11-19-21(26)24(22(27)30-19)13-17(25)14-7-5-4-6-8-14/h1,4-8,10-12H,9,13H2,2H3/b19-11+. The van der Waals surface area contributed by atoms with Crippen molar-refractivity contribution < 1.29 is 23.9 Å². The van der Waals surface area contributed by atoms with E-state index in [-0.39, 0.29) is 23.8 Å². The molecule has 1 saturated heterocycles. The molecule has 2 aromatic rings. The summed E-state index contributed by atoms with van der Waals surface area (Å²) in [6, 6.07) is 11.9. The van der Waals surface area contributed by atoms with Crippen LogP contribution < -0.4 is 9.47 Å². The molecule has 0 N–H and O–H groups in total. The van der Waals surface area contributed by atoms with Crippen LogP contribution in [0, 0.1) is 12.3 Å². The highest BCUT2D eigenvalue weighted by atomic mass is 79.9. The lowest BCUT2D eigenvalue weighted by molar-refractivity contribution is -0.122. The molecule has 6 nitrogen and oxygen atoms in total. The van der Waals surface area contributed by atoms with Gasteiger partial charge in [0.1, 0.15) is 6.61 Å². The second kappa shape index (κ2) is 9.65. The molecule has 1 heterocycles. The predicted molar refractivity (Wildman–Crippen MR) is 118 cm³/mol. The van der Waals surface area contributed by atoms with Gasteiger partial charge in [0.25, 0.3) is 11.1 Å². The van der Waals surface area contributed by atoms with Gasteiger partial charge < -0.3 is 9.47 Å². The zero-order valence-electron chi connectivity index (χ0n) is 15.9. The number of carbonyl (C=O) groups excluding carboxylic acids is 3. The Balaban J connectivity index is 1.89. The number of hydrogen-bond donors (Lipinski definition) is 0. The Bertz CT molecular complexity index is 1070. The van der Waals surface area contributed by atoms with Crippen molar-refractivity contribution in [1.29, 1.82) is 0 Å². The quantitative estimate of drug-likeness (QED) is 0.329. The van der Waals surface area contributed by atoms with Crippen LogP contribution in [0.3, 0.4) is 0 Å². The summed E-state index contributed by atoms with van der Waals surface area (Å²) >= 11 is 4.14. The van der Waals surface area contributed by atoms with E-state index in [1.807, 2.05) is 0 Å². The average Bonchev–Trinajstić information content (AvgIpc) is 3.00. The van der Waals surface area contributed by atoms with Crippen LogP contribution in [0.25, 0.3) is 6.08 Å². The highest BCUT2D eigenvalue weighted by Gasteiger charge is 2.36. The van der Waals surface area contributed by atoms with Gasteiger partial charge in [-0.2, -0.15) is 0 Å². The monoisotopic (exact) mass is 485 g/mol. The van der Waals surface area contributed by atoms with E-state index in [1.54, 1.807) is 42.5 Å². The zero-order valence-corrected chi connectivity index (χ0v) is 18.3. The molecule has 0 bridgehead atoms. The molecule has 8 heteroatoms. The number of methoxy groups -OCH3 is 1. The summed E-state index contributed by atoms with van der Waals surface area (Å²) < 4.78 is 11.6. The Hall–Kier alpha value is -3.02. The molecular weight excluding hydrogens is 470 g/mol. The smallest absolute Gasteiger partial charge is 0.293 e. The molecule has 1 fully saturated rings. The number of nitrogens with zero attached hydrogens (tertiary/aromatic N) is 1.